The van der Waals surface area contributed by atoms with Gasteiger partial charge in [0.1, 0.15) is 12.6 Å². The Labute approximate surface area is 129 Å². The number of carbonyl (C=O) groups is 3. The molecule has 6 nitrogen and oxygen atoms in total. The Morgan fingerprint density at radius 3 is 2.73 bits per heavy atom. The third-order valence-electron chi connectivity index (χ3n) is 3.71. The topological polar surface area (TPSA) is 86.7 Å². The summed E-state index contributed by atoms with van der Waals surface area (Å²) in [5.41, 5.74) is 1.50. The average Bonchev–Trinajstić information content (AvgIpc) is 2.80. The van der Waals surface area contributed by atoms with E-state index < -0.39 is 17.9 Å². The molecule has 2 N–H and O–H groups in total. The normalized spacial score (nSPS) is 14.6. The summed E-state index contributed by atoms with van der Waals surface area (Å²) in [7, 11) is 0. The quantitative estimate of drug-likeness (QED) is 0.797. The van der Waals surface area contributed by atoms with E-state index in [1.807, 2.05) is 19.1 Å². The minimum Gasteiger partial charge on any atom is -0.480 e. The van der Waals surface area contributed by atoms with Crippen molar-refractivity contribution in [1.29, 1.82) is 0 Å². The van der Waals surface area contributed by atoms with Gasteiger partial charge in [0.15, 0.2) is 0 Å². The van der Waals surface area contributed by atoms with Crippen LogP contribution < -0.4 is 5.32 Å². The fraction of sp³-hybridized carbons (Fsp3) is 0.438. The number of nitrogens with one attached hydrogen (secondary N) is 1. The molecule has 1 aliphatic heterocycles. The van der Waals surface area contributed by atoms with Crippen LogP contribution in [0.5, 0.6) is 0 Å². The summed E-state index contributed by atoms with van der Waals surface area (Å²) in [6.07, 6.45) is 1.98. The zero-order valence-electron chi connectivity index (χ0n) is 12.5. The van der Waals surface area contributed by atoms with Crippen LogP contribution in [0, 0.1) is 0 Å². The van der Waals surface area contributed by atoms with Gasteiger partial charge in [0.2, 0.25) is 5.91 Å². The Morgan fingerprint density at radius 1 is 1.36 bits per heavy atom. The largest absolute Gasteiger partial charge is 0.480 e. The zero-order chi connectivity index (χ0) is 16.1. The van der Waals surface area contributed by atoms with Gasteiger partial charge in [-0.3, -0.25) is 9.59 Å². The summed E-state index contributed by atoms with van der Waals surface area (Å²) < 4.78 is 0. The van der Waals surface area contributed by atoms with Gasteiger partial charge in [0.05, 0.1) is 0 Å². The van der Waals surface area contributed by atoms with Crippen molar-refractivity contribution in [2.45, 2.75) is 38.8 Å². The minimum atomic E-state index is -1.04. The average molecular weight is 304 g/mol. The predicted octanol–water partition coefficient (Wildman–Crippen LogP) is 1.40. The molecule has 6 heteroatoms. The molecule has 0 saturated heterocycles. The van der Waals surface area contributed by atoms with Gasteiger partial charge >= 0.3 is 5.97 Å². The number of rotatable bonds is 7. The molecule has 0 radical (unpaired) electrons. The lowest BCUT2D eigenvalue weighted by Gasteiger charge is -2.18. The summed E-state index contributed by atoms with van der Waals surface area (Å²) in [6.45, 7) is 2.22. The van der Waals surface area contributed by atoms with Crippen molar-refractivity contribution in [2.24, 2.45) is 0 Å². The van der Waals surface area contributed by atoms with E-state index in [-0.39, 0.29) is 12.5 Å². The first kappa shape index (κ1) is 16.0. The van der Waals surface area contributed by atoms with E-state index in [2.05, 4.69) is 5.32 Å². The molecule has 0 spiro atoms. The molecular formula is C16H20N2O4. The van der Waals surface area contributed by atoms with Gasteiger partial charge in [0, 0.05) is 12.1 Å². The molecule has 118 valence electrons. The number of nitrogens with zero attached hydrogens (tertiary/aromatic N) is 1. The van der Waals surface area contributed by atoms with Crippen molar-refractivity contribution < 1.29 is 19.5 Å². The van der Waals surface area contributed by atoms with Crippen LogP contribution in [-0.4, -0.2) is 40.4 Å². The molecular weight excluding hydrogens is 284 g/mol. The summed E-state index contributed by atoms with van der Waals surface area (Å²) in [5, 5.41) is 11.6. The van der Waals surface area contributed by atoms with E-state index in [4.69, 9.17) is 5.11 Å². The first-order valence-corrected chi connectivity index (χ1v) is 7.42. The van der Waals surface area contributed by atoms with E-state index >= 15 is 0 Å². The number of carbonyl (C=O) groups excluding carboxylic acids is 2. The van der Waals surface area contributed by atoms with Crippen molar-refractivity contribution >= 4 is 17.8 Å². The molecule has 1 heterocycles. The Balaban J connectivity index is 1.93. The van der Waals surface area contributed by atoms with Crippen LogP contribution >= 0.6 is 0 Å². The van der Waals surface area contributed by atoms with Gasteiger partial charge in [-0.05, 0) is 18.1 Å². The van der Waals surface area contributed by atoms with E-state index in [0.29, 0.717) is 18.5 Å². The highest BCUT2D eigenvalue weighted by atomic mass is 16.4. The minimum absolute atomic E-state index is 0.122. The predicted molar refractivity (Wildman–Crippen MR) is 80.3 cm³/mol. The second kappa shape index (κ2) is 7.06. The van der Waals surface area contributed by atoms with E-state index in [9.17, 15) is 14.4 Å². The van der Waals surface area contributed by atoms with Crippen molar-refractivity contribution in [3.8, 4) is 0 Å². The van der Waals surface area contributed by atoms with E-state index in [1.54, 1.807) is 12.1 Å². The van der Waals surface area contributed by atoms with Crippen LogP contribution in [0.2, 0.25) is 0 Å². The standard InChI is InChI=1S/C16H20N2O4/c1-2-3-8-13(16(21)22)17-14(19)10-18-9-11-6-4-5-7-12(11)15(18)20/h4-7,13H,2-3,8-10H2,1H3,(H,17,19)(H,21,22). The molecule has 1 atom stereocenters. The number of hydrogen-bond acceptors (Lipinski definition) is 3. The van der Waals surface area contributed by atoms with Crippen LogP contribution in [0.1, 0.15) is 42.1 Å². The van der Waals surface area contributed by atoms with Gasteiger partial charge in [-0.2, -0.15) is 0 Å². The highest BCUT2D eigenvalue weighted by molar-refractivity contribution is 6.00. The smallest absolute Gasteiger partial charge is 0.326 e. The maximum absolute atomic E-state index is 12.2. The Bertz CT molecular complexity index is 585. The molecule has 0 saturated carbocycles. The highest BCUT2D eigenvalue weighted by Crippen LogP contribution is 2.21. The number of aliphatic carboxylic acids is 1. The maximum atomic E-state index is 12.2. The van der Waals surface area contributed by atoms with Gasteiger partial charge in [-0.15, -0.1) is 0 Å². The third-order valence-corrected chi connectivity index (χ3v) is 3.71. The third kappa shape index (κ3) is 3.63. The lowest BCUT2D eigenvalue weighted by molar-refractivity contribution is -0.142. The van der Waals surface area contributed by atoms with Crippen LogP contribution in [0.4, 0.5) is 0 Å². The lowest BCUT2D eigenvalue weighted by Crippen LogP contribution is -2.45. The molecule has 0 fully saturated rings. The van der Waals surface area contributed by atoms with Crippen molar-refractivity contribution in [2.75, 3.05) is 6.54 Å². The molecule has 1 aliphatic rings. The van der Waals surface area contributed by atoms with E-state index in [0.717, 1.165) is 18.4 Å². The number of unbranched alkanes of at least 4 members (excludes halogenated alkanes) is 1. The van der Waals surface area contributed by atoms with Crippen molar-refractivity contribution in [3.63, 3.8) is 0 Å². The Kier molecular flexibility index (Phi) is 5.14. The number of hydrogen-bond donors (Lipinski definition) is 2. The summed E-state index contributed by atoms with van der Waals surface area (Å²) >= 11 is 0. The van der Waals surface area contributed by atoms with Gasteiger partial charge in [-0.1, -0.05) is 38.0 Å². The molecule has 0 aliphatic carbocycles. The summed E-state index contributed by atoms with van der Waals surface area (Å²) in [6, 6.07) is 6.32. The first-order chi connectivity index (χ1) is 10.5. The SMILES string of the molecule is CCCCC(NC(=O)CN1Cc2ccccc2C1=O)C(=O)O. The number of carboxylic acids is 1. The van der Waals surface area contributed by atoms with E-state index in [1.165, 1.54) is 4.90 Å². The molecule has 1 unspecified atom stereocenters. The fourth-order valence-corrected chi connectivity index (χ4v) is 2.52. The van der Waals surface area contributed by atoms with Crippen LogP contribution in [0.3, 0.4) is 0 Å². The summed E-state index contributed by atoms with van der Waals surface area (Å²) in [5.74, 6) is -1.67. The number of benzene rings is 1. The van der Waals surface area contributed by atoms with Gasteiger partial charge in [-0.25, -0.2) is 4.79 Å². The molecule has 22 heavy (non-hydrogen) atoms. The zero-order valence-corrected chi connectivity index (χ0v) is 12.5. The molecule has 1 aromatic rings. The summed E-state index contributed by atoms with van der Waals surface area (Å²) in [4.78, 5) is 36.7. The Hall–Kier alpha value is -2.37. The van der Waals surface area contributed by atoms with Crippen LogP contribution in [0.15, 0.2) is 24.3 Å². The number of fused-ring (bicyclic) bond motifs is 1. The van der Waals surface area contributed by atoms with Crippen LogP contribution in [0.25, 0.3) is 0 Å². The number of amides is 2. The second-order valence-electron chi connectivity index (χ2n) is 5.42. The number of carboxylic acid groups (broad SMARTS) is 1. The lowest BCUT2D eigenvalue weighted by atomic mass is 10.1. The molecule has 1 aromatic carbocycles. The van der Waals surface area contributed by atoms with Crippen molar-refractivity contribution in [1.82, 2.24) is 10.2 Å². The fourth-order valence-electron chi connectivity index (χ4n) is 2.52. The second-order valence-corrected chi connectivity index (χ2v) is 5.42. The monoisotopic (exact) mass is 304 g/mol. The van der Waals surface area contributed by atoms with Gasteiger partial charge in [0.25, 0.3) is 5.91 Å². The van der Waals surface area contributed by atoms with Crippen molar-refractivity contribution in [3.05, 3.63) is 35.4 Å². The Morgan fingerprint density at radius 2 is 2.09 bits per heavy atom. The maximum Gasteiger partial charge on any atom is 0.326 e. The molecule has 0 aromatic heterocycles. The van der Waals surface area contributed by atoms with Gasteiger partial charge < -0.3 is 15.3 Å². The first-order valence-electron chi connectivity index (χ1n) is 7.42. The molecule has 2 rings (SSSR count). The molecule has 2 amide bonds. The van der Waals surface area contributed by atoms with Crippen LogP contribution in [-0.2, 0) is 16.1 Å². The molecule has 0 bridgehead atoms. The highest BCUT2D eigenvalue weighted by Gasteiger charge is 2.29.